The molecule has 0 aliphatic rings. The first-order valence-electron chi connectivity index (χ1n) is 5.59. The second kappa shape index (κ2) is 5.34. The summed E-state index contributed by atoms with van der Waals surface area (Å²) in [6.07, 6.45) is 1.53. The average molecular weight is 260 g/mol. The third kappa shape index (κ3) is 2.98. The monoisotopic (exact) mass is 260 g/mol. The van der Waals surface area contributed by atoms with Crippen molar-refractivity contribution in [2.75, 3.05) is 0 Å². The van der Waals surface area contributed by atoms with E-state index >= 15 is 0 Å². The van der Waals surface area contributed by atoms with Gasteiger partial charge in [0.1, 0.15) is 5.36 Å². The zero-order chi connectivity index (χ0) is 13.8. The number of hydrogen-bond acceptors (Lipinski definition) is 5. The summed E-state index contributed by atoms with van der Waals surface area (Å²) in [5.74, 6) is -0.930. The van der Waals surface area contributed by atoms with Crippen LogP contribution in [0.3, 0.4) is 0 Å². The molecule has 0 saturated heterocycles. The number of aromatic nitrogens is 1. The molecule has 0 aliphatic heterocycles. The Morgan fingerprint density at radius 3 is 2.53 bits per heavy atom. The summed E-state index contributed by atoms with van der Waals surface area (Å²) >= 11 is 0. The number of para-hydroxylation sites is 1. The Kier molecular flexibility index (Phi) is 3.61. The number of carbonyl (C=O) groups excluding carboxylic acids is 2. The van der Waals surface area contributed by atoms with Crippen molar-refractivity contribution in [3.05, 3.63) is 41.9 Å². The summed E-state index contributed by atoms with van der Waals surface area (Å²) in [6, 6.07) is 8.77. The van der Waals surface area contributed by atoms with Gasteiger partial charge in [-0.05, 0) is 12.1 Å². The molecule has 0 atom stereocenters. The highest BCUT2D eigenvalue weighted by molar-refractivity contribution is 5.79. The molecule has 1 aromatic carbocycles. The molecule has 0 radical (unpaired) electrons. The number of rotatable bonds is 2. The van der Waals surface area contributed by atoms with Gasteiger partial charge in [-0.1, -0.05) is 23.4 Å². The van der Waals surface area contributed by atoms with E-state index in [1.807, 2.05) is 6.07 Å². The molecule has 0 N–H and O–H groups in total. The van der Waals surface area contributed by atoms with E-state index in [0.717, 1.165) is 0 Å². The Morgan fingerprint density at radius 1 is 1.11 bits per heavy atom. The van der Waals surface area contributed by atoms with Crippen LogP contribution in [-0.2, 0) is 14.4 Å². The Balaban J connectivity index is 2.61. The molecule has 0 spiro atoms. The van der Waals surface area contributed by atoms with Crippen molar-refractivity contribution in [2.45, 2.75) is 13.8 Å². The lowest BCUT2D eigenvalue weighted by atomic mass is 10.2. The molecule has 0 fully saturated rings. The molecule has 6 heteroatoms. The Hall–Kier alpha value is -2.63. The van der Waals surface area contributed by atoms with Crippen LogP contribution in [0.25, 0.3) is 10.9 Å². The van der Waals surface area contributed by atoms with Gasteiger partial charge in [0.05, 0.1) is 5.52 Å². The van der Waals surface area contributed by atoms with Gasteiger partial charge < -0.3 is 9.68 Å². The van der Waals surface area contributed by atoms with Crippen LogP contribution in [0.5, 0.6) is 0 Å². The molecule has 2 aromatic rings. The first kappa shape index (κ1) is 12.8. The minimum atomic E-state index is -0.499. The lowest BCUT2D eigenvalue weighted by Crippen LogP contribution is -2.20. The van der Waals surface area contributed by atoms with E-state index in [1.54, 1.807) is 24.3 Å². The highest BCUT2D eigenvalue weighted by Crippen LogP contribution is 2.08. The zero-order valence-corrected chi connectivity index (χ0v) is 10.5. The fourth-order valence-electron chi connectivity index (χ4n) is 1.60. The van der Waals surface area contributed by atoms with Gasteiger partial charge in [0.15, 0.2) is 0 Å². The van der Waals surface area contributed by atoms with Crippen LogP contribution in [0.15, 0.2) is 41.7 Å². The Bertz CT molecular complexity index is 703. The van der Waals surface area contributed by atoms with Crippen molar-refractivity contribution in [1.82, 2.24) is 4.73 Å². The third-order valence-electron chi connectivity index (χ3n) is 2.28. The molecular weight excluding hydrogens is 248 g/mol. The molecule has 19 heavy (non-hydrogen) atoms. The summed E-state index contributed by atoms with van der Waals surface area (Å²) in [5, 5.41) is 4.93. The number of fused-ring (bicyclic) bond motifs is 1. The van der Waals surface area contributed by atoms with Gasteiger partial charge in [-0.15, -0.1) is 0 Å². The van der Waals surface area contributed by atoms with Crippen LogP contribution in [-0.4, -0.2) is 16.7 Å². The highest BCUT2D eigenvalue weighted by Gasteiger charge is 2.04. The van der Waals surface area contributed by atoms with E-state index in [9.17, 15) is 9.59 Å². The molecule has 6 nitrogen and oxygen atoms in total. The SMILES string of the molecule is CC(=O)O/N=c1\ccn(OC(C)=O)c2ccccc12. The predicted octanol–water partition coefficient (Wildman–Crippen LogP) is 0.995. The maximum absolute atomic E-state index is 11.0. The van der Waals surface area contributed by atoms with Gasteiger partial charge in [-0.2, -0.15) is 4.73 Å². The quantitative estimate of drug-likeness (QED) is 0.596. The first-order chi connectivity index (χ1) is 9.08. The fourth-order valence-corrected chi connectivity index (χ4v) is 1.60. The van der Waals surface area contributed by atoms with Crippen molar-refractivity contribution in [3.8, 4) is 0 Å². The standard InChI is InChI=1S/C13H12N2O4/c1-9(16)18-14-12-7-8-15(19-10(2)17)13-6-4-3-5-11(12)13/h3-8H,1-2H3/b14-12+. The Morgan fingerprint density at radius 2 is 1.84 bits per heavy atom. The summed E-state index contributed by atoms with van der Waals surface area (Å²) in [7, 11) is 0. The number of benzene rings is 1. The maximum Gasteiger partial charge on any atom is 0.332 e. The molecule has 0 amide bonds. The molecule has 98 valence electrons. The van der Waals surface area contributed by atoms with Gasteiger partial charge in [-0.3, -0.25) is 0 Å². The van der Waals surface area contributed by atoms with Crippen LogP contribution in [0.1, 0.15) is 13.8 Å². The van der Waals surface area contributed by atoms with Crippen molar-refractivity contribution in [2.24, 2.45) is 5.16 Å². The zero-order valence-electron chi connectivity index (χ0n) is 10.5. The topological polar surface area (TPSA) is 69.9 Å². The van der Waals surface area contributed by atoms with E-state index in [1.165, 1.54) is 24.8 Å². The van der Waals surface area contributed by atoms with E-state index < -0.39 is 11.9 Å². The highest BCUT2D eigenvalue weighted by atomic mass is 16.7. The van der Waals surface area contributed by atoms with Crippen LogP contribution in [0.2, 0.25) is 0 Å². The van der Waals surface area contributed by atoms with E-state index in [2.05, 4.69) is 9.99 Å². The van der Waals surface area contributed by atoms with E-state index in [4.69, 9.17) is 4.84 Å². The molecule has 0 unspecified atom stereocenters. The lowest BCUT2D eigenvalue weighted by Gasteiger charge is -2.09. The second-order valence-corrected chi connectivity index (χ2v) is 3.80. The Labute approximate surface area is 108 Å². The third-order valence-corrected chi connectivity index (χ3v) is 2.28. The fraction of sp³-hybridized carbons (Fsp3) is 0.154. The number of carbonyl (C=O) groups is 2. The van der Waals surface area contributed by atoms with Crippen LogP contribution in [0.4, 0.5) is 0 Å². The summed E-state index contributed by atoms with van der Waals surface area (Å²) in [4.78, 5) is 31.5. The van der Waals surface area contributed by atoms with E-state index in [0.29, 0.717) is 16.3 Å². The smallest absolute Gasteiger partial charge is 0.332 e. The summed E-state index contributed by atoms with van der Waals surface area (Å²) in [5.41, 5.74) is 0.645. The molecule has 1 heterocycles. The minimum Gasteiger partial charge on any atom is -0.337 e. The minimum absolute atomic E-state index is 0.431. The van der Waals surface area contributed by atoms with Gasteiger partial charge >= 0.3 is 11.9 Å². The van der Waals surface area contributed by atoms with Crippen molar-refractivity contribution in [3.63, 3.8) is 0 Å². The molecule has 1 aromatic heterocycles. The van der Waals surface area contributed by atoms with Crippen molar-refractivity contribution >= 4 is 22.8 Å². The molecular formula is C13H12N2O4. The lowest BCUT2D eigenvalue weighted by molar-refractivity contribution is -0.142. The van der Waals surface area contributed by atoms with E-state index in [-0.39, 0.29) is 0 Å². The number of hydrogen-bond donors (Lipinski definition) is 0. The van der Waals surface area contributed by atoms with Crippen LogP contribution >= 0.6 is 0 Å². The van der Waals surface area contributed by atoms with Gasteiger partial charge in [-0.25, -0.2) is 9.59 Å². The molecule has 0 aliphatic carbocycles. The van der Waals surface area contributed by atoms with Crippen LogP contribution < -0.4 is 10.2 Å². The predicted molar refractivity (Wildman–Crippen MR) is 66.5 cm³/mol. The van der Waals surface area contributed by atoms with Crippen molar-refractivity contribution in [1.29, 1.82) is 0 Å². The summed E-state index contributed by atoms with van der Waals surface area (Å²) in [6.45, 7) is 2.59. The first-order valence-corrected chi connectivity index (χ1v) is 5.59. The van der Waals surface area contributed by atoms with Gasteiger partial charge in [0.2, 0.25) is 0 Å². The number of pyridine rings is 1. The summed E-state index contributed by atoms with van der Waals surface area (Å²) < 4.78 is 1.34. The normalized spacial score (nSPS) is 11.4. The number of nitrogens with zero attached hydrogens (tertiary/aromatic N) is 2. The average Bonchev–Trinajstić information content (AvgIpc) is 2.37. The largest absolute Gasteiger partial charge is 0.337 e. The van der Waals surface area contributed by atoms with Crippen molar-refractivity contribution < 1.29 is 19.3 Å². The molecule has 2 rings (SSSR count). The van der Waals surface area contributed by atoms with Crippen LogP contribution in [0, 0.1) is 0 Å². The molecule has 0 saturated carbocycles. The van der Waals surface area contributed by atoms with Gasteiger partial charge in [0.25, 0.3) is 0 Å². The maximum atomic E-state index is 11.0. The molecule has 0 bridgehead atoms. The van der Waals surface area contributed by atoms with Gasteiger partial charge in [0, 0.05) is 25.4 Å². The second-order valence-electron chi connectivity index (χ2n) is 3.80.